The molecule has 0 N–H and O–H groups in total. The van der Waals surface area contributed by atoms with Gasteiger partial charge in [-0.15, -0.1) is 0 Å². The summed E-state index contributed by atoms with van der Waals surface area (Å²) in [5.74, 6) is 0.606. The van der Waals surface area contributed by atoms with Crippen LogP contribution in [0.4, 0.5) is 4.39 Å². The van der Waals surface area contributed by atoms with Crippen LogP contribution < -0.4 is 9.47 Å². The van der Waals surface area contributed by atoms with Gasteiger partial charge in [-0.1, -0.05) is 34.4 Å². The molecule has 0 unspecified atom stereocenters. The Labute approximate surface area is 226 Å². The molecule has 4 aromatic rings. The average molecular weight is 553 g/mol. The molecule has 192 valence electrons. The molecule has 1 aliphatic carbocycles. The van der Waals surface area contributed by atoms with Crippen LogP contribution in [0.3, 0.4) is 0 Å². The molecule has 6 rings (SSSR count). The zero-order valence-corrected chi connectivity index (χ0v) is 21.5. The fraction of sp³-hybridized carbons (Fsp3) is 0.179. The Balaban J connectivity index is 1.30. The second-order valence-electron chi connectivity index (χ2n) is 8.86. The quantitative estimate of drug-likeness (QED) is 0.225. The van der Waals surface area contributed by atoms with Gasteiger partial charge in [-0.2, -0.15) is 0 Å². The highest BCUT2D eigenvalue weighted by Gasteiger charge is 2.34. The zero-order chi connectivity index (χ0) is 26.4. The molecule has 1 saturated carbocycles. The van der Waals surface area contributed by atoms with E-state index in [-0.39, 0.29) is 41.0 Å². The Kier molecular flexibility index (Phi) is 6.29. The minimum Gasteiger partial charge on any atom is -0.473 e. The lowest BCUT2D eigenvalue weighted by molar-refractivity contribution is 0.0600. The number of ether oxygens (including phenoxy) is 3. The van der Waals surface area contributed by atoms with E-state index in [9.17, 15) is 4.79 Å². The van der Waals surface area contributed by atoms with Crippen LogP contribution in [-0.2, 0) is 11.3 Å². The number of esters is 1. The van der Waals surface area contributed by atoms with E-state index in [1.165, 1.54) is 31.4 Å². The normalized spacial score (nSPS) is 14.1. The predicted octanol–water partition coefficient (Wildman–Crippen LogP) is 7.86. The number of rotatable bonds is 6. The molecule has 0 saturated heterocycles. The van der Waals surface area contributed by atoms with Crippen molar-refractivity contribution in [3.63, 3.8) is 0 Å². The summed E-state index contributed by atoms with van der Waals surface area (Å²) in [5, 5.41) is 5.17. The van der Waals surface area contributed by atoms with E-state index in [4.69, 9.17) is 41.9 Å². The summed E-state index contributed by atoms with van der Waals surface area (Å²) in [4.78, 5) is 16.4. The van der Waals surface area contributed by atoms with Gasteiger partial charge in [-0.25, -0.2) is 14.2 Å². The van der Waals surface area contributed by atoms with Crippen molar-refractivity contribution in [2.24, 2.45) is 0 Å². The second kappa shape index (κ2) is 9.78. The molecular weight excluding hydrogens is 534 g/mol. The highest BCUT2D eigenvalue weighted by Crippen LogP contribution is 2.46. The van der Waals surface area contributed by atoms with Crippen molar-refractivity contribution >= 4 is 41.1 Å². The summed E-state index contributed by atoms with van der Waals surface area (Å²) in [6.07, 6.45) is 3.25. The van der Waals surface area contributed by atoms with Crippen LogP contribution in [0.1, 0.15) is 51.7 Å². The number of halogens is 3. The van der Waals surface area contributed by atoms with Crippen LogP contribution in [0.5, 0.6) is 17.4 Å². The molecule has 0 bridgehead atoms. The maximum atomic E-state index is 15.1. The van der Waals surface area contributed by atoms with Gasteiger partial charge in [0.1, 0.15) is 35.3 Å². The fourth-order valence-corrected chi connectivity index (χ4v) is 4.85. The maximum absolute atomic E-state index is 15.1. The lowest BCUT2D eigenvalue weighted by Crippen LogP contribution is -2.03. The van der Waals surface area contributed by atoms with E-state index >= 15 is 4.39 Å². The molecule has 10 heteroatoms. The minimum atomic E-state index is -0.564. The molecule has 3 heterocycles. The first-order chi connectivity index (χ1) is 18.4. The number of fused-ring (bicyclic) bond motifs is 2. The number of aromatic nitrogens is 2. The molecule has 0 atom stereocenters. The number of benzene rings is 2. The summed E-state index contributed by atoms with van der Waals surface area (Å²) >= 11 is 12.9. The molecule has 2 aromatic heterocycles. The van der Waals surface area contributed by atoms with Gasteiger partial charge in [0.2, 0.25) is 5.88 Å². The number of methoxy groups -OCH3 is 1. The monoisotopic (exact) mass is 552 g/mol. The van der Waals surface area contributed by atoms with Gasteiger partial charge >= 0.3 is 5.97 Å². The third-order valence-corrected chi connectivity index (χ3v) is 6.96. The largest absolute Gasteiger partial charge is 0.473 e. The van der Waals surface area contributed by atoms with Crippen LogP contribution in [0.2, 0.25) is 10.0 Å². The summed E-state index contributed by atoms with van der Waals surface area (Å²) in [7, 11) is 1.27. The molecular formula is C28H19Cl2FN2O5. The molecule has 1 aliphatic heterocycles. The van der Waals surface area contributed by atoms with E-state index in [0.29, 0.717) is 27.1 Å². The lowest BCUT2D eigenvalue weighted by Gasteiger charge is -2.12. The summed E-state index contributed by atoms with van der Waals surface area (Å²) in [5.41, 5.74) is 2.49. The standard InChI is InChI=1S/C28H19Cl2FN2O5/c1-35-28(34)15-7-8-16-20(31)12-21-22(37-23(16)11-15)9-10-24(32-21)36-13-17-26(33-38-27(17)14-5-6-14)25-18(29)3-2-4-19(25)30/h2-4,7-12,14H,5-6,13H2,1H3. The van der Waals surface area contributed by atoms with Gasteiger partial charge in [0.05, 0.1) is 33.8 Å². The Bertz CT molecular complexity index is 1590. The van der Waals surface area contributed by atoms with Crippen molar-refractivity contribution in [1.82, 2.24) is 10.1 Å². The van der Waals surface area contributed by atoms with Gasteiger partial charge < -0.3 is 18.7 Å². The van der Waals surface area contributed by atoms with Gasteiger partial charge in [-0.3, -0.25) is 0 Å². The van der Waals surface area contributed by atoms with Gasteiger partial charge in [0.15, 0.2) is 5.75 Å². The van der Waals surface area contributed by atoms with Crippen LogP contribution in [-0.4, -0.2) is 23.2 Å². The van der Waals surface area contributed by atoms with Crippen LogP contribution >= 0.6 is 23.2 Å². The molecule has 1 fully saturated rings. The predicted molar refractivity (Wildman–Crippen MR) is 139 cm³/mol. The number of hydrogen-bond acceptors (Lipinski definition) is 7. The van der Waals surface area contributed by atoms with Crippen LogP contribution in [0.15, 0.2) is 53.1 Å². The molecule has 0 spiro atoms. The summed E-state index contributed by atoms with van der Waals surface area (Å²) < 4.78 is 37.4. The molecule has 38 heavy (non-hydrogen) atoms. The first-order valence-electron chi connectivity index (χ1n) is 11.8. The molecule has 0 radical (unpaired) electrons. The molecule has 7 nitrogen and oxygen atoms in total. The fourth-order valence-electron chi connectivity index (χ4n) is 4.27. The first-order valence-corrected chi connectivity index (χ1v) is 12.5. The van der Waals surface area contributed by atoms with Crippen molar-refractivity contribution in [2.45, 2.75) is 25.4 Å². The van der Waals surface area contributed by atoms with Crippen LogP contribution in [0, 0.1) is 0 Å². The second-order valence-corrected chi connectivity index (χ2v) is 9.68. The van der Waals surface area contributed by atoms with E-state index in [0.717, 1.165) is 24.2 Å². The number of pyridine rings is 1. The van der Waals surface area contributed by atoms with Crippen molar-refractivity contribution in [3.8, 4) is 28.6 Å². The smallest absolute Gasteiger partial charge is 0.337 e. The first kappa shape index (κ1) is 24.5. The number of carbonyl (C=O) groups is 1. The third-order valence-electron chi connectivity index (χ3n) is 6.33. The maximum Gasteiger partial charge on any atom is 0.337 e. The number of nitrogens with zero attached hydrogens (tertiary/aromatic N) is 2. The minimum absolute atomic E-state index is 0.0910. The van der Waals surface area contributed by atoms with E-state index in [1.54, 1.807) is 30.3 Å². The SMILES string of the molecule is COC(=O)c1ccc2c(c1)Oc1ccc(OCc3c(-c4c(Cl)cccc4Cl)noc3C3CC3)nc1C=C2F. The zero-order valence-electron chi connectivity index (χ0n) is 20.0. The van der Waals surface area contributed by atoms with Gasteiger partial charge in [0, 0.05) is 23.6 Å². The lowest BCUT2D eigenvalue weighted by atomic mass is 10.0. The summed E-state index contributed by atoms with van der Waals surface area (Å²) in [6, 6.07) is 12.8. The van der Waals surface area contributed by atoms with E-state index < -0.39 is 11.8 Å². The van der Waals surface area contributed by atoms with Gasteiger partial charge in [-0.05, 0) is 49.2 Å². The highest BCUT2D eigenvalue weighted by molar-refractivity contribution is 6.39. The number of hydrogen-bond donors (Lipinski definition) is 0. The average Bonchev–Trinajstić information content (AvgIpc) is 3.69. The molecule has 2 aliphatic rings. The summed E-state index contributed by atoms with van der Waals surface area (Å²) in [6.45, 7) is 0.0910. The molecule has 2 aromatic carbocycles. The Morgan fingerprint density at radius 2 is 1.89 bits per heavy atom. The van der Waals surface area contributed by atoms with Crippen molar-refractivity contribution in [3.05, 3.63) is 86.7 Å². The van der Waals surface area contributed by atoms with Crippen molar-refractivity contribution in [1.29, 1.82) is 0 Å². The molecule has 0 amide bonds. The Morgan fingerprint density at radius 1 is 1.11 bits per heavy atom. The van der Waals surface area contributed by atoms with E-state index in [2.05, 4.69) is 10.1 Å². The Morgan fingerprint density at radius 3 is 2.63 bits per heavy atom. The third kappa shape index (κ3) is 4.50. The number of carbonyl (C=O) groups excluding carboxylic acids is 1. The Hall–Kier alpha value is -3.88. The van der Waals surface area contributed by atoms with E-state index in [1.807, 2.05) is 0 Å². The van der Waals surface area contributed by atoms with Crippen molar-refractivity contribution in [2.75, 3.05) is 7.11 Å². The van der Waals surface area contributed by atoms with Crippen molar-refractivity contribution < 1.29 is 27.9 Å². The topological polar surface area (TPSA) is 83.7 Å². The van der Waals surface area contributed by atoms with Gasteiger partial charge in [0.25, 0.3) is 0 Å². The highest BCUT2D eigenvalue weighted by atomic mass is 35.5. The van der Waals surface area contributed by atoms with Crippen LogP contribution in [0.25, 0.3) is 23.2 Å².